The van der Waals surface area contributed by atoms with Gasteiger partial charge in [0.25, 0.3) is 0 Å². The first-order valence-electron chi connectivity index (χ1n) is 6.73. The second-order valence-corrected chi connectivity index (χ2v) is 5.58. The van der Waals surface area contributed by atoms with E-state index >= 15 is 0 Å². The molecule has 0 saturated carbocycles. The van der Waals surface area contributed by atoms with Gasteiger partial charge in [-0.25, -0.2) is 4.79 Å². The highest BCUT2D eigenvalue weighted by molar-refractivity contribution is 7.80. The standard InChI is InChI=1S/C16H15ClN2O2S/c1-3-21-16(20)13-9(2)19-15(22)12(8-18)14(13)10-5-4-6-11(17)7-10/h4-7,14,18H,3H2,1-2H3,(H,19,22)/t14-/m1/s1. The molecule has 6 heteroatoms. The molecule has 1 aromatic carbocycles. The molecule has 0 saturated heterocycles. The van der Waals surface area contributed by atoms with Gasteiger partial charge >= 0.3 is 5.97 Å². The number of allylic oxidation sites excluding steroid dienone is 1. The zero-order valence-corrected chi connectivity index (χ0v) is 13.8. The molecule has 1 aromatic rings. The van der Waals surface area contributed by atoms with Crippen molar-refractivity contribution in [1.82, 2.24) is 5.32 Å². The molecule has 2 N–H and O–H groups in total. The summed E-state index contributed by atoms with van der Waals surface area (Å²) < 4.78 is 5.15. The van der Waals surface area contributed by atoms with Crippen LogP contribution in [0.3, 0.4) is 0 Å². The van der Waals surface area contributed by atoms with Gasteiger partial charge in [0.2, 0.25) is 0 Å². The van der Waals surface area contributed by atoms with E-state index in [1.54, 1.807) is 32.0 Å². The Morgan fingerprint density at radius 2 is 2.27 bits per heavy atom. The van der Waals surface area contributed by atoms with Gasteiger partial charge in [0.15, 0.2) is 0 Å². The van der Waals surface area contributed by atoms with E-state index in [1.807, 2.05) is 6.07 Å². The number of hydrogen-bond acceptors (Lipinski definition) is 4. The molecule has 1 aliphatic rings. The molecule has 0 amide bonds. The van der Waals surface area contributed by atoms with Gasteiger partial charge in [-0.15, -0.1) is 0 Å². The number of halogens is 1. The summed E-state index contributed by atoms with van der Waals surface area (Å²) in [7, 11) is 0. The number of hydrogen-bond donors (Lipinski definition) is 2. The van der Waals surface area contributed by atoms with Gasteiger partial charge in [-0.2, -0.15) is 0 Å². The summed E-state index contributed by atoms with van der Waals surface area (Å²) in [4.78, 5) is 12.7. The van der Waals surface area contributed by atoms with Crippen LogP contribution in [0.25, 0.3) is 0 Å². The van der Waals surface area contributed by atoms with Gasteiger partial charge < -0.3 is 10.1 Å². The summed E-state index contributed by atoms with van der Waals surface area (Å²) >= 11 is 11.3. The van der Waals surface area contributed by atoms with Crippen LogP contribution < -0.4 is 5.32 Å². The maximum Gasteiger partial charge on any atom is 0.336 e. The van der Waals surface area contributed by atoms with Crippen LogP contribution in [0.15, 0.2) is 41.1 Å². The van der Waals surface area contributed by atoms with Gasteiger partial charge in [0.05, 0.1) is 23.7 Å². The van der Waals surface area contributed by atoms with Crippen LogP contribution in [0.4, 0.5) is 0 Å². The molecule has 22 heavy (non-hydrogen) atoms. The molecular weight excluding hydrogens is 320 g/mol. The average molecular weight is 335 g/mol. The van der Waals surface area contributed by atoms with Crippen molar-refractivity contribution in [2.24, 2.45) is 0 Å². The van der Waals surface area contributed by atoms with E-state index in [1.165, 1.54) is 0 Å². The number of carbonyl (C=O) groups is 1. The lowest BCUT2D eigenvalue weighted by molar-refractivity contribution is -0.138. The summed E-state index contributed by atoms with van der Waals surface area (Å²) in [5.74, 6) is 1.40. The average Bonchev–Trinajstić information content (AvgIpc) is 2.46. The Hall–Kier alpha value is -1.94. The van der Waals surface area contributed by atoms with E-state index in [2.05, 4.69) is 11.2 Å². The topological polar surface area (TPSA) is 62.2 Å². The normalized spacial score (nSPS) is 17.9. The van der Waals surface area contributed by atoms with E-state index in [-0.39, 0.29) is 6.61 Å². The van der Waals surface area contributed by atoms with Crippen molar-refractivity contribution >= 4 is 40.6 Å². The third kappa shape index (κ3) is 3.12. The van der Waals surface area contributed by atoms with E-state index in [0.717, 1.165) is 5.56 Å². The number of carbonyl (C=O) groups excluding carboxylic acids is 1. The Labute approximate surface area is 139 Å². The van der Waals surface area contributed by atoms with Gasteiger partial charge in [-0.05, 0) is 37.4 Å². The number of esters is 1. The van der Waals surface area contributed by atoms with Gasteiger partial charge in [-0.1, -0.05) is 36.0 Å². The lowest BCUT2D eigenvalue weighted by Crippen LogP contribution is -2.35. The quantitative estimate of drug-likeness (QED) is 0.385. The predicted octanol–water partition coefficient (Wildman–Crippen LogP) is 3.37. The molecule has 4 nitrogen and oxygen atoms in total. The minimum atomic E-state index is -0.510. The van der Waals surface area contributed by atoms with Crippen molar-refractivity contribution in [3.05, 3.63) is 51.7 Å². The van der Waals surface area contributed by atoms with E-state index in [4.69, 9.17) is 34.0 Å². The molecule has 0 unspecified atom stereocenters. The van der Waals surface area contributed by atoms with Crippen LogP contribution in [-0.4, -0.2) is 23.4 Å². The smallest absolute Gasteiger partial charge is 0.336 e. The number of benzene rings is 1. The number of ether oxygens (including phenoxy) is 1. The Kier molecular flexibility index (Phi) is 5.14. The molecular formula is C16H15ClN2O2S. The second-order valence-electron chi connectivity index (χ2n) is 4.74. The molecule has 0 aromatic heterocycles. The largest absolute Gasteiger partial charge is 0.463 e. The zero-order chi connectivity index (χ0) is 16.3. The minimum Gasteiger partial charge on any atom is -0.463 e. The fourth-order valence-corrected chi connectivity index (χ4v) is 2.95. The molecule has 0 radical (unpaired) electrons. The summed E-state index contributed by atoms with van der Waals surface area (Å²) in [5, 5.41) is 11.0. The van der Waals surface area contributed by atoms with E-state index in [9.17, 15) is 4.79 Å². The van der Waals surface area contributed by atoms with E-state index < -0.39 is 11.9 Å². The number of thiocarbonyl (C=S) groups is 1. The summed E-state index contributed by atoms with van der Waals surface area (Å²) in [5.41, 5.74) is 2.24. The van der Waals surface area contributed by atoms with Crippen LogP contribution in [0.2, 0.25) is 5.02 Å². The van der Waals surface area contributed by atoms with Crippen LogP contribution in [0.5, 0.6) is 0 Å². The van der Waals surface area contributed by atoms with Crippen LogP contribution in [-0.2, 0) is 9.53 Å². The highest BCUT2D eigenvalue weighted by atomic mass is 35.5. The Bertz CT molecular complexity index is 721. The molecule has 0 spiro atoms. The molecule has 0 aliphatic carbocycles. The third-order valence-electron chi connectivity index (χ3n) is 3.34. The first-order valence-corrected chi connectivity index (χ1v) is 7.52. The highest BCUT2D eigenvalue weighted by Crippen LogP contribution is 2.37. The summed E-state index contributed by atoms with van der Waals surface area (Å²) in [6, 6.07) is 7.14. The maximum atomic E-state index is 12.3. The fourth-order valence-electron chi connectivity index (χ4n) is 2.43. The molecule has 1 aliphatic heterocycles. The van der Waals surface area contributed by atoms with Crippen LogP contribution in [0, 0.1) is 5.41 Å². The number of nitrogens with one attached hydrogen (secondary N) is 2. The molecule has 1 atom stereocenters. The van der Waals surface area contributed by atoms with Crippen molar-refractivity contribution in [3.63, 3.8) is 0 Å². The van der Waals surface area contributed by atoms with Gasteiger partial charge in [0, 0.05) is 10.7 Å². The van der Waals surface area contributed by atoms with Gasteiger partial charge in [0.1, 0.15) is 4.99 Å². The Morgan fingerprint density at radius 3 is 2.86 bits per heavy atom. The molecule has 114 valence electrons. The predicted molar refractivity (Wildman–Crippen MR) is 90.5 cm³/mol. The monoisotopic (exact) mass is 334 g/mol. The van der Waals surface area contributed by atoms with Gasteiger partial charge in [-0.3, -0.25) is 5.41 Å². The van der Waals surface area contributed by atoms with Crippen molar-refractivity contribution in [2.45, 2.75) is 19.8 Å². The number of rotatable bonds is 3. The lowest BCUT2D eigenvalue weighted by Gasteiger charge is -2.29. The highest BCUT2D eigenvalue weighted by Gasteiger charge is 2.35. The minimum absolute atomic E-state index is 0.270. The van der Waals surface area contributed by atoms with Crippen LogP contribution >= 0.6 is 23.8 Å². The SMILES string of the molecule is CCOC(=O)C1=C(C)NC(=S)C(=C=N)[C@H]1c1cccc(Cl)c1. The molecule has 0 fully saturated rings. The zero-order valence-electron chi connectivity index (χ0n) is 12.2. The lowest BCUT2D eigenvalue weighted by atomic mass is 9.81. The van der Waals surface area contributed by atoms with Crippen molar-refractivity contribution in [1.29, 1.82) is 5.41 Å². The first-order chi connectivity index (χ1) is 10.5. The second kappa shape index (κ2) is 6.88. The molecule has 0 bridgehead atoms. The van der Waals surface area contributed by atoms with Crippen molar-refractivity contribution in [3.8, 4) is 0 Å². The first kappa shape index (κ1) is 16.4. The van der Waals surface area contributed by atoms with Crippen LogP contribution in [0.1, 0.15) is 25.3 Å². The maximum absolute atomic E-state index is 12.3. The van der Waals surface area contributed by atoms with Crippen molar-refractivity contribution < 1.29 is 9.53 Å². The molecule has 2 rings (SSSR count). The Balaban J connectivity index is 2.65. The Morgan fingerprint density at radius 1 is 1.55 bits per heavy atom. The fraction of sp³-hybridized carbons (Fsp3) is 0.250. The van der Waals surface area contributed by atoms with Crippen molar-refractivity contribution in [2.75, 3.05) is 6.61 Å². The summed E-state index contributed by atoms with van der Waals surface area (Å²) in [6.45, 7) is 3.78. The summed E-state index contributed by atoms with van der Waals surface area (Å²) in [6.07, 6.45) is 0. The van der Waals surface area contributed by atoms with E-state index in [0.29, 0.717) is 26.9 Å². The third-order valence-corrected chi connectivity index (χ3v) is 3.90. The molecule has 1 heterocycles.